The van der Waals surface area contributed by atoms with Gasteiger partial charge in [0.15, 0.2) is 5.11 Å². The molecule has 0 atom stereocenters. The third-order valence-corrected chi connectivity index (χ3v) is 4.30. The molecule has 2 aromatic carbocycles. The number of rotatable bonds is 10. The molecule has 1 amide bonds. The highest BCUT2D eigenvalue weighted by Gasteiger charge is 2.08. The molecule has 5 nitrogen and oxygen atoms in total. The molecule has 2 aromatic rings. The van der Waals surface area contributed by atoms with Crippen LogP contribution in [0.2, 0.25) is 0 Å². The summed E-state index contributed by atoms with van der Waals surface area (Å²) in [5, 5.41) is 5.92. The van der Waals surface area contributed by atoms with Gasteiger partial charge in [0.1, 0.15) is 11.5 Å². The summed E-state index contributed by atoms with van der Waals surface area (Å²) in [6, 6.07) is 14.5. The smallest absolute Gasteiger partial charge is 0.257 e. The molecule has 0 aliphatic heterocycles. The Kier molecular flexibility index (Phi) is 9.44. The normalized spacial score (nSPS) is 10.5. The second-order valence-electron chi connectivity index (χ2n) is 7.03. The molecule has 0 aliphatic carbocycles. The average molecular weight is 415 g/mol. The van der Waals surface area contributed by atoms with Gasteiger partial charge in [-0.1, -0.05) is 26.2 Å². The summed E-state index contributed by atoms with van der Waals surface area (Å²) in [6.07, 6.45) is 4.77. The maximum absolute atomic E-state index is 12.4. The number of amides is 1. The number of carbonyl (C=O) groups is 1. The van der Waals surface area contributed by atoms with Crippen LogP contribution in [0.25, 0.3) is 0 Å². The zero-order valence-electron chi connectivity index (χ0n) is 17.4. The third kappa shape index (κ3) is 8.52. The van der Waals surface area contributed by atoms with Crippen molar-refractivity contribution in [2.45, 2.75) is 52.6 Å². The summed E-state index contributed by atoms with van der Waals surface area (Å²) < 4.78 is 11.3. The molecule has 156 valence electrons. The molecule has 0 spiro atoms. The van der Waals surface area contributed by atoms with E-state index in [2.05, 4.69) is 17.6 Å². The Hall–Kier alpha value is -2.60. The molecule has 0 saturated carbocycles. The number of anilines is 1. The van der Waals surface area contributed by atoms with Gasteiger partial charge in [0.2, 0.25) is 0 Å². The molecular formula is C23H30N2O3S. The number of ether oxygens (including phenoxy) is 2. The highest BCUT2D eigenvalue weighted by Crippen LogP contribution is 2.17. The first-order valence-corrected chi connectivity index (χ1v) is 10.5. The van der Waals surface area contributed by atoms with Gasteiger partial charge >= 0.3 is 0 Å². The first-order chi connectivity index (χ1) is 14.0. The van der Waals surface area contributed by atoms with E-state index in [0.29, 0.717) is 12.2 Å². The van der Waals surface area contributed by atoms with E-state index >= 15 is 0 Å². The first-order valence-electron chi connectivity index (χ1n) is 10.1. The SMILES string of the molecule is CCCCCCOc1ccc(C(=O)NC(=S)Nc2ccc(OC(C)C)cc2)cc1. The Labute approximate surface area is 178 Å². The number of thiocarbonyl (C=S) groups is 1. The molecule has 0 aliphatic rings. The van der Waals surface area contributed by atoms with Crippen LogP contribution >= 0.6 is 12.2 Å². The third-order valence-electron chi connectivity index (χ3n) is 4.09. The predicted molar refractivity (Wildman–Crippen MR) is 122 cm³/mol. The number of unbranched alkanes of at least 4 members (excludes halogenated alkanes) is 3. The van der Waals surface area contributed by atoms with Gasteiger partial charge in [-0.15, -0.1) is 0 Å². The lowest BCUT2D eigenvalue weighted by Crippen LogP contribution is -2.34. The van der Waals surface area contributed by atoms with Crippen molar-refractivity contribution in [2.75, 3.05) is 11.9 Å². The van der Waals surface area contributed by atoms with Crippen LogP contribution in [0.4, 0.5) is 5.69 Å². The van der Waals surface area contributed by atoms with Crippen LogP contribution in [0.3, 0.4) is 0 Å². The Bertz CT molecular complexity index is 774. The van der Waals surface area contributed by atoms with E-state index in [1.54, 1.807) is 24.3 Å². The van der Waals surface area contributed by atoms with Gasteiger partial charge in [0.25, 0.3) is 5.91 Å². The quantitative estimate of drug-likeness (QED) is 0.394. The Morgan fingerprint density at radius 1 is 0.966 bits per heavy atom. The number of carbonyl (C=O) groups excluding carboxylic acids is 1. The zero-order valence-corrected chi connectivity index (χ0v) is 18.2. The highest BCUT2D eigenvalue weighted by atomic mass is 32.1. The standard InChI is InChI=1S/C23H30N2O3S/c1-4-5-6-7-16-27-20-12-8-18(9-13-20)22(26)25-23(29)24-19-10-14-21(15-11-19)28-17(2)3/h8-15,17H,4-7,16H2,1-3H3,(H2,24,25,26,29). The molecule has 0 saturated heterocycles. The number of hydrogen-bond acceptors (Lipinski definition) is 4. The van der Waals surface area contributed by atoms with E-state index in [1.165, 1.54) is 19.3 Å². The first kappa shape index (κ1) is 22.7. The fourth-order valence-electron chi connectivity index (χ4n) is 2.65. The fraction of sp³-hybridized carbons (Fsp3) is 0.391. The monoisotopic (exact) mass is 414 g/mol. The van der Waals surface area contributed by atoms with Crippen molar-refractivity contribution >= 4 is 28.9 Å². The van der Waals surface area contributed by atoms with Crippen molar-refractivity contribution in [1.29, 1.82) is 0 Å². The summed E-state index contributed by atoms with van der Waals surface area (Å²) in [6.45, 7) is 6.83. The van der Waals surface area contributed by atoms with Crippen LogP contribution in [0, 0.1) is 0 Å². The summed E-state index contributed by atoms with van der Waals surface area (Å²) in [7, 11) is 0. The van der Waals surface area contributed by atoms with Crippen LogP contribution < -0.4 is 20.1 Å². The second-order valence-corrected chi connectivity index (χ2v) is 7.44. The lowest BCUT2D eigenvalue weighted by molar-refractivity contribution is 0.0977. The Morgan fingerprint density at radius 3 is 2.24 bits per heavy atom. The van der Waals surface area contributed by atoms with Crippen LogP contribution in [0.1, 0.15) is 56.8 Å². The lowest BCUT2D eigenvalue weighted by Gasteiger charge is -2.12. The van der Waals surface area contributed by atoms with Crippen molar-refractivity contribution < 1.29 is 14.3 Å². The van der Waals surface area contributed by atoms with Crippen LogP contribution in [-0.4, -0.2) is 23.7 Å². The molecule has 0 aromatic heterocycles. The van der Waals surface area contributed by atoms with Gasteiger partial charge in [-0.3, -0.25) is 10.1 Å². The van der Waals surface area contributed by atoms with Crippen molar-refractivity contribution in [1.82, 2.24) is 5.32 Å². The maximum Gasteiger partial charge on any atom is 0.257 e. The largest absolute Gasteiger partial charge is 0.494 e. The van der Waals surface area contributed by atoms with E-state index in [-0.39, 0.29) is 17.1 Å². The van der Waals surface area contributed by atoms with Gasteiger partial charge in [-0.25, -0.2) is 0 Å². The van der Waals surface area contributed by atoms with Crippen LogP contribution in [0.5, 0.6) is 11.5 Å². The lowest BCUT2D eigenvalue weighted by atomic mass is 10.2. The average Bonchev–Trinajstić information content (AvgIpc) is 2.69. The van der Waals surface area contributed by atoms with Gasteiger partial charge in [-0.2, -0.15) is 0 Å². The van der Waals surface area contributed by atoms with Gasteiger partial charge in [0, 0.05) is 11.3 Å². The molecule has 2 N–H and O–H groups in total. The zero-order chi connectivity index (χ0) is 21.1. The highest BCUT2D eigenvalue weighted by molar-refractivity contribution is 7.80. The number of nitrogens with one attached hydrogen (secondary N) is 2. The fourth-order valence-corrected chi connectivity index (χ4v) is 2.86. The molecular weight excluding hydrogens is 384 g/mol. The molecule has 0 unspecified atom stereocenters. The maximum atomic E-state index is 12.4. The van der Waals surface area contributed by atoms with Gasteiger partial charge in [-0.05, 0) is 81.0 Å². The summed E-state index contributed by atoms with van der Waals surface area (Å²) in [5.41, 5.74) is 1.30. The minimum absolute atomic E-state index is 0.118. The van der Waals surface area contributed by atoms with Crippen molar-refractivity contribution in [2.24, 2.45) is 0 Å². The molecule has 2 rings (SSSR count). The van der Waals surface area contributed by atoms with Crippen LogP contribution in [-0.2, 0) is 0 Å². The molecule has 0 bridgehead atoms. The molecule has 29 heavy (non-hydrogen) atoms. The van der Waals surface area contributed by atoms with Gasteiger partial charge < -0.3 is 14.8 Å². The van der Waals surface area contributed by atoms with Crippen molar-refractivity contribution in [3.63, 3.8) is 0 Å². The summed E-state index contributed by atoms with van der Waals surface area (Å²) >= 11 is 5.23. The van der Waals surface area contributed by atoms with E-state index in [1.807, 2.05) is 38.1 Å². The summed E-state index contributed by atoms with van der Waals surface area (Å²) in [5.74, 6) is 1.28. The molecule has 0 heterocycles. The van der Waals surface area contributed by atoms with E-state index < -0.39 is 0 Å². The van der Waals surface area contributed by atoms with E-state index in [9.17, 15) is 4.79 Å². The summed E-state index contributed by atoms with van der Waals surface area (Å²) in [4.78, 5) is 12.4. The second kappa shape index (κ2) is 12.1. The van der Waals surface area contributed by atoms with E-state index in [0.717, 1.165) is 23.6 Å². The Balaban J connectivity index is 1.79. The van der Waals surface area contributed by atoms with Gasteiger partial charge in [0.05, 0.1) is 12.7 Å². The molecule has 6 heteroatoms. The van der Waals surface area contributed by atoms with Crippen molar-refractivity contribution in [3.8, 4) is 11.5 Å². The van der Waals surface area contributed by atoms with Crippen molar-refractivity contribution in [3.05, 3.63) is 54.1 Å². The predicted octanol–water partition coefficient (Wildman–Crippen LogP) is 5.56. The topological polar surface area (TPSA) is 59.6 Å². The van der Waals surface area contributed by atoms with Crippen LogP contribution in [0.15, 0.2) is 48.5 Å². The molecule has 0 radical (unpaired) electrons. The number of hydrogen-bond donors (Lipinski definition) is 2. The minimum atomic E-state index is -0.267. The Morgan fingerprint density at radius 2 is 1.62 bits per heavy atom. The van der Waals surface area contributed by atoms with E-state index in [4.69, 9.17) is 21.7 Å². The number of benzene rings is 2. The molecule has 0 fully saturated rings. The minimum Gasteiger partial charge on any atom is -0.494 e.